The van der Waals surface area contributed by atoms with Crippen molar-refractivity contribution in [2.45, 2.75) is 19.3 Å². The monoisotopic (exact) mass is 715 g/mol. The van der Waals surface area contributed by atoms with Gasteiger partial charge in [-0.15, -0.1) is 0 Å². The molecule has 0 saturated heterocycles. The summed E-state index contributed by atoms with van der Waals surface area (Å²) in [4.78, 5) is 2.48. The van der Waals surface area contributed by atoms with Gasteiger partial charge in [0.05, 0.1) is 11.4 Å². The van der Waals surface area contributed by atoms with Crippen LogP contribution in [0.25, 0.3) is 66.4 Å². The second-order valence-corrected chi connectivity index (χ2v) is 15.3. The first-order valence-electron chi connectivity index (χ1n) is 19.5. The van der Waals surface area contributed by atoms with E-state index in [2.05, 4.69) is 231 Å². The van der Waals surface area contributed by atoms with Crippen molar-refractivity contribution < 1.29 is 0 Å². The summed E-state index contributed by atoms with van der Waals surface area (Å²) in [5.41, 5.74) is 18.3. The van der Waals surface area contributed by atoms with Crippen LogP contribution in [-0.2, 0) is 5.41 Å². The summed E-state index contributed by atoms with van der Waals surface area (Å²) in [7, 11) is 0. The lowest BCUT2D eigenvalue weighted by atomic mass is 9.80. The lowest BCUT2D eigenvalue weighted by Gasteiger charge is -2.31. The van der Waals surface area contributed by atoms with Crippen LogP contribution < -0.4 is 4.90 Å². The van der Waals surface area contributed by atoms with E-state index < -0.39 is 0 Å². The van der Waals surface area contributed by atoms with Crippen molar-refractivity contribution in [3.63, 3.8) is 0 Å². The van der Waals surface area contributed by atoms with E-state index in [1.165, 1.54) is 83.2 Å². The van der Waals surface area contributed by atoms with Crippen LogP contribution in [-0.4, -0.2) is 0 Å². The van der Waals surface area contributed by atoms with Crippen LogP contribution in [0.5, 0.6) is 0 Å². The quantitative estimate of drug-likeness (QED) is 0.159. The number of benzene rings is 9. The molecule has 1 nitrogen and oxygen atoms in total. The molecule has 0 atom stereocenters. The highest BCUT2D eigenvalue weighted by Crippen LogP contribution is 2.55. The van der Waals surface area contributed by atoms with E-state index in [0.29, 0.717) is 0 Å². The van der Waals surface area contributed by atoms with Gasteiger partial charge < -0.3 is 4.90 Å². The van der Waals surface area contributed by atoms with Crippen LogP contribution in [0.4, 0.5) is 17.1 Å². The largest absolute Gasteiger partial charge is 0.309 e. The molecule has 0 amide bonds. The fourth-order valence-electron chi connectivity index (χ4n) is 8.79. The van der Waals surface area contributed by atoms with Crippen molar-refractivity contribution in [1.29, 1.82) is 0 Å². The summed E-state index contributed by atoms with van der Waals surface area (Å²) in [5.74, 6) is 0. The molecule has 0 fully saturated rings. The molecule has 0 aliphatic heterocycles. The van der Waals surface area contributed by atoms with E-state index in [4.69, 9.17) is 0 Å². The van der Waals surface area contributed by atoms with E-state index in [0.717, 1.165) is 11.4 Å². The Balaban J connectivity index is 1.14. The Morgan fingerprint density at radius 3 is 1.41 bits per heavy atom. The van der Waals surface area contributed by atoms with Gasteiger partial charge in [0.1, 0.15) is 0 Å². The molecule has 266 valence electrons. The first kappa shape index (κ1) is 33.6. The second kappa shape index (κ2) is 13.7. The summed E-state index contributed by atoms with van der Waals surface area (Å²) >= 11 is 0. The Morgan fingerprint density at radius 2 is 0.786 bits per heavy atom. The van der Waals surface area contributed by atoms with Crippen LogP contribution in [0, 0.1) is 0 Å². The standard InChI is InChI=1S/C55H41N/c1-55(2)50-36-44(42-28-26-40(27-29-42)38-16-6-3-7-17-38)32-35-49(50)54-48-24-13-12-23-47(48)53(37-51(54)55)56(45-33-30-41(31-34-45)39-18-8-4-9-19-39)52-25-15-14-22-46(52)43-20-10-5-11-21-43/h3-37H,1-2H3. The molecule has 0 saturated carbocycles. The third kappa shape index (κ3) is 5.72. The molecule has 0 unspecified atom stereocenters. The van der Waals surface area contributed by atoms with Gasteiger partial charge in [-0.1, -0.05) is 196 Å². The summed E-state index contributed by atoms with van der Waals surface area (Å²) in [6.07, 6.45) is 0. The molecule has 0 aromatic heterocycles. The Kier molecular flexibility index (Phi) is 8.23. The van der Waals surface area contributed by atoms with Gasteiger partial charge in [0.25, 0.3) is 0 Å². The molecule has 1 aliphatic rings. The minimum atomic E-state index is -0.231. The molecule has 0 heterocycles. The zero-order chi connectivity index (χ0) is 37.6. The van der Waals surface area contributed by atoms with Crippen LogP contribution in [0.1, 0.15) is 25.0 Å². The van der Waals surface area contributed by atoms with Gasteiger partial charge in [-0.2, -0.15) is 0 Å². The van der Waals surface area contributed by atoms with Gasteiger partial charge in [-0.3, -0.25) is 0 Å². The summed E-state index contributed by atoms with van der Waals surface area (Å²) in [6.45, 7) is 4.80. The van der Waals surface area contributed by atoms with Gasteiger partial charge >= 0.3 is 0 Å². The maximum absolute atomic E-state index is 2.48. The smallest absolute Gasteiger partial charge is 0.0543 e. The zero-order valence-electron chi connectivity index (χ0n) is 31.7. The predicted octanol–water partition coefficient (Wildman–Crippen LogP) is 15.3. The van der Waals surface area contributed by atoms with Crippen molar-refractivity contribution in [2.24, 2.45) is 0 Å². The zero-order valence-corrected chi connectivity index (χ0v) is 31.7. The van der Waals surface area contributed by atoms with Crippen LogP contribution >= 0.6 is 0 Å². The molecule has 1 aliphatic carbocycles. The van der Waals surface area contributed by atoms with Gasteiger partial charge in [-0.05, 0) is 96.9 Å². The fourth-order valence-corrected chi connectivity index (χ4v) is 8.79. The first-order valence-corrected chi connectivity index (χ1v) is 19.5. The number of hydrogen-bond acceptors (Lipinski definition) is 1. The fraction of sp³-hybridized carbons (Fsp3) is 0.0545. The molecule has 0 N–H and O–H groups in total. The molecule has 0 spiro atoms. The predicted molar refractivity (Wildman–Crippen MR) is 238 cm³/mol. The molecular formula is C55H41N. The number of rotatable bonds is 7. The highest BCUT2D eigenvalue weighted by molar-refractivity contribution is 6.10. The van der Waals surface area contributed by atoms with E-state index >= 15 is 0 Å². The maximum atomic E-state index is 2.48. The Bertz CT molecular complexity index is 2840. The highest BCUT2D eigenvalue weighted by Gasteiger charge is 2.38. The Morgan fingerprint density at radius 1 is 0.321 bits per heavy atom. The van der Waals surface area contributed by atoms with E-state index in [1.54, 1.807) is 0 Å². The van der Waals surface area contributed by atoms with Gasteiger partial charge in [0.15, 0.2) is 0 Å². The molecule has 1 heteroatoms. The number of hydrogen-bond donors (Lipinski definition) is 0. The maximum Gasteiger partial charge on any atom is 0.0543 e. The topological polar surface area (TPSA) is 3.24 Å². The van der Waals surface area contributed by atoms with Crippen molar-refractivity contribution in [3.05, 3.63) is 223 Å². The third-order valence-electron chi connectivity index (χ3n) is 11.7. The van der Waals surface area contributed by atoms with Crippen molar-refractivity contribution >= 4 is 27.8 Å². The van der Waals surface area contributed by atoms with Gasteiger partial charge in [0.2, 0.25) is 0 Å². The minimum Gasteiger partial charge on any atom is -0.309 e. The number of para-hydroxylation sites is 1. The van der Waals surface area contributed by atoms with Crippen molar-refractivity contribution in [3.8, 4) is 55.6 Å². The third-order valence-corrected chi connectivity index (χ3v) is 11.7. The molecule has 9 aromatic rings. The molecule has 0 radical (unpaired) electrons. The van der Waals surface area contributed by atoms with E-state index in [-0.39, 0.29) is 5.41 Å². The highest BCUT2D eigenvalue weighted by atomic mass is 15.1. The lowest BCUT2D eigenvalue weighted by molar-refractivity contribution is 0.661. The van der Waals surface area contributed by atoms with Crippen molar-refractivity contribution in [1.82, 2.24) is 0 Å². The van der Waals surface area contributed by atoms with Crippen molar-refractivity contribution in [2.75, 3.05) is 4.90 Å². The summed E-state index contributed by atoms with van der Waals surface area (Å²) in [5, 5.41) is 2.50. The molecule has 9 aromatic carbocycles. The average Bonchev–Trinajstić information content (AvgIpc) is 3.50. The molecule has 56 heavy (non-hydrogen) atoms. The normalized spacial score (nSPS) is 12.6. The minimum absolute atomic E-state index is 0.231. The number of nitrogens with zero attached hydrogens (tertiary/aromatic N) is 1. The summed E-state index contributed by atoms with van der Waals surface area (Å²) in [6, 6.07) is 77.5. The number of anilines is 3. The second-order valence-electron chi connectivity index (χ2n) is 15.3. The van der Waals surface area contributed by atoms with Crippen LogP contribution in [0.3, 0.4) is 0 Å². The first-order chi connectivity index (χ1) is 27.5. The molecule has 10 rings (SSSR count). The van der Waals surface area contributed by atoms with Crippen LogP contribution in [0.2, 0.25) is 0 Å². The SMILES string of the molecule is CC1(C)c2cc(-c3ccc(-c4ccccc4)cc3)ccc2-c2c1cc(N(c1ccc(-c3ccccc3)cc1)c1ccccc1-c1ccccc1)c1ccccc21. The van der Waals surface area contributed by atoms with Gasteiger partial charge in [0, 0.05) is 22.1 Å². The van der Waals surface area contributed by atoms with Gasteiger partial charge in [-0.25, -0.2) is 0 Å². The van der Waals surface area contributed by atoms with E-state index in [9.17, 15) is 0 Å². The molecule has 0 bridgehead atoms. The Labute approximate surface area is 329 Å². The van der Waals surface area contributed by atoms with Crippen LogP contribution in [0.15, 0.2) is 212 Å². The summed E-state index contributed by atoms with van der Waals surface area (Å²) < 4.78 is 0. The molecular weight excluding hydrogens is 675 g/mol. The van der Waals surface area contributed by atoms with E-state index in [1.807, 2.05) is 0 Å². The Hall–Kier alpha value is -6.96. The average molecular weight is 716 g/mol. The lowest BCUT2D eigenvalue weighted by Crippen LogP contribution is -2.17. The number of fused-ring (bicyclic) bond motifs is 5.